The van der Waals surface area contributed by atoms with Gasteiger partial charge in [-0.2, -0.15) is 0 Å². The van der Waals surface area contributed by atoms with Gasteiger partial charge >= 0.3 is 6.09 Å². The van der Waals surface area contributed by atoms with Gasteiger partial charge in [-0.25, -0.2) is 4.79 Å². The fourth-order valence-electron chi connectivity index (χ4n) is 1.88. The predicted octanol–water partition coefficient (Wildman–Crippen LogP) is 2.13. The first kappa shape index (κ1) is 18.6. The molecule has 0 saturated heterocycles. The molecule has 1 aromatic carbocycles. The van der Waals surface area contributed by atoms with E-state index in [0.29, 0.717) is 30.0 Å². The van der Waals surface area contributed by atoms with E-state index in [1.54, 1.807) is 30.1 Å². The molecule has 23 heavy (non-hydrogen) atoms. The van der Waals surface area contributed by atoms with Crippen molar-refractivity contribution in [2.45, 2.75) is 26.3 Å². The Morgan fingerprint density at radius 1 is 1.30 bits per heavy atom. The van der Waals surface area contributed by atoms with E-state index in [9.17, 15) is 9.59 Å². The van der Waals surface area contributed by atoms with Crippen LogP contribution in [0.4, 0.5) is 10.5 Å². The van der Waals surface area contributed by atoms with Crippen molar-refractivity contribution < 1.29 is 19.4 Å². The van der Waals surface area contributed by atoms with Gasteiger partial charge in [-0.05, 0) is 32.4 Å². The van der Waals surface area contributed by atoms with E-state index in [-0.39, 0.29) is 18.6 Å². The van der Waals surface area contributed by atoms with Crippen molar-refractivity contribution in [3.8, 4) is 5.75 Å². The second kappa shape index (κ2) is 8.26. The van der Waals surface area contributed by atoms with E-state index in [4.69, 9.17) is 15.6 Å². The highest BCUT2D eigenvalue weighted by atomic mass is 16.5. The number of carboxylic acid groups (broad SMARTS) is 1. The second-order valence-electron chi connectivity index (χ2n) is 5.64. The zero-order valence-electron chi connectivity index (χ0n) is 14.1. The maximum Gasteiger partial charge on any atom is 0.407 e. The lowest BCUT2D eigenvalue weighted by Gasteiger charge is -2.23. The molecule has 0 aliphatic carbocycles. The van der Waals surface area contributed by atoms with E-state index in [2.05, 4.69) is 0 Å². The van der Waals surface area contributed by atoms with Crippen LogP contribution in [0.1, 0.15) is 30.6 Å². The Hall–Kier alpha value is -2.44. The molecule has 0 aromatic heterocycles. The van der Waals surface area contributed by atoms with Crippen LogP contribution in [-0.4, -0.2) is 60.2 Å². The minimum Gasteiger partial charge on any atom is -0.491 e. The number of hydrogen-bond donors (Lipinski definition) is 2. The summed E-state index contributed by atoms with van der Waals surface area (Å²) >= 11 is 0. The van der Waals surface area contributed by atoms with E-state index in [1.165, 1.54) is 11.9 Å². The molecule has 0 aliphatic rings. The highest BCUT2D eigenvalue weighted by molar-refractivity contribution is 5.98. The first-order chi connectivity index (χ1) is 10.8. The van der Waals surface area contributed by atoms with Gasteiger partial charge in [-0.3, -0.25) is 4.79 Å². The molecule has 0 radical (unpaired) electrons. The monoisotopic (exact) mass is 323 g/mol. The lowest BCUT2D eigenvalue weighted by Crippen LogP contribution is -2.33. The molecule has 0 bridgehead atoms. The minimum atomic E-state index is -0.987. The first-order valence-electron chi connectivity index (χ1n) is 7.48. The average Bonchev–Trinajstić information content (AvgIpc) is 2.50. The SMILES string of the molecule is CC(C)N(C)C(=O)c1cccc(N)c1OCCCN(C)C(=O)O. The number of carbonyl (C=O) groups excluding carboxylic acids is 1. The smallest absolute Gasteiger partial charge is 0.407 e. The number of nitrogen functional groups attached to an aromatic ring is 1. The molecule has 7 heteroatoms. The number of carbonyl (C=O) groups is 2. The number of anilines is 1. The Bertz CT molecular complexity index is 560. The number of nitrogens with two attached hydrogens (primary N) is 1. The molecule has 2 amide bonds. The molecule has 1 aromatic rings. The molecule has 0 atom stereocenters. The number of benzene rings is 1. The summed E-state index contributed by atoms with van der Waals surface area (Å²) in [5.41, 5.74) is 6.72. The van der Waals surface area contributed by atoms with Crippen LogP contribution in [0, 0.1) is 0 Å². The Morgan fingerprint density at radius 3 is 2.52 bits per heavy atom. The van der Waals surface area contributed by atoms with E-state index in [1.807, 2.05) is 13.8 Å². The summed E-state index contributed by atoms with van der Waals surface area (Å²) in [7, 11) is 3.22. The van der Waals surface area contributed by atoms with Crippen LogP contribution in [0.2, 0.25) is 0 Å². The van der Waals surface area contributed by atoms with Crippen LogP contribution in [0.3, 0.4) is 0 Å². The Kier molecular flexibility index (Phi) is 6.68. The average molecular weight is 323 g/mol. The molecule has 0 heterocycles. The number of ether oxygens (including phenoxy) is 1. The third-order valence-electron chi connectivity index (χ3n) is 3.58. The Morgan fingerprint density at radius 2 is 1.96 bits per heavy atom. The van der Waals surface area contributed by atoms with Gasteiger partial charge in [-0.15, -0.1) is 0 Å². The van der Waals surface area contributed by atoms with Gasteiger partial charge in [0.25, 0.3) is 5.91 Å². The summed E-state index contributed by atoms with van der Waals surface area (Å²) in [6.07, 6.45) is -0.483. The fourth-order valence-corrected chi connectivity index (χ4v) is 1.88. The van der Waals surface area contributed by atoms with Crippen LogP contribution in [0.25, 0.3) is 0 Å². The number of amides is 2. The van der Waals surface area contributed by atoms with Gasteiger partial charge in [-0.1, -0.05) is 6.07 Å². The third-order valence-corrected chi connectivity index (χ3v) is 3.58. The molecule has 0 spiro atoms. The lowest BCUT2D eigenvalue weighted by atomic mass is 10.1. The van der Waals surface area contributed by atoms with Gasteiger partial charge in [0, 0.05) is 26.7 Å². The maximum atomic E-state index is 12.5. The van der Waals surface area contributed by atoms with Crippen molar-refractivity contribution in [2.24, 2.45) is 0 Å². The van der Waals surface area contributed by atoms with Crippen LogP contribution in [-0.2, 0) is 0 Å². The van der Waals surface area contributed by atoms with Crippen LogP contribution in [0.5, 0.6) is 5.75 Å². The number of hydrogen-bond acceptors (Lipinski definition) is 4. The third kappa shape index (κ3) is 5.05. The van der Waals surface area contributed by atoms with Crippen molar-refractivity contribution in [2.75, 3.05) is 33.0 Å². The summed E-state index contributed by atoms with van der Waals surface area (Å²) in [5.74, 6) is 0.188. The largest absolute Gasteiger partial charge is 0.491 e. The molecule has 3 N–H and O–H groups in total. The van der Waals surface area contributed by atoms with Crippen LogP contribution in [0.15, 0.2) is 18.2 Å². The molecular formula is C16H25N3O4. The van der Waals surface area contributed by atoms with Gasteiger partial charge in [0.05, 0.1) is 17.9 Å². The maximum absolute atomic E-state index is 12.5. The van der Waals surface area contributed by atoms with E-state index >= 15 is 0 Å². The molecule has 0 aliphatic heterocycles. The van der Waals surface area contributed by atoms with Crippen molar-refractivity contribution in [1.82, 2.24) is 9.80 Å². The van der Waals surface area contributed by atoms with Crippen molar-refractivity contribution in [1.29, 1.82) is 0 Å². The fraction of sp³-hybridized carbons (Fsp3) is 0.500. The second-order valence-corrected chi connectivity index (χ2v) is 5.64. The number of para-hydroxylation sites is 1. The standard InChI is InChI=1S/C16H25N3O4/c1-11(2)19(4)15(20)12-7-5-8-13(17)14(12)23-10-6-9-18(3)16(21)22/h5,7-8,11H,6,9-10,17H2,1-4H3,(H,21,22). The number of nitrogens with zero attached hydrogens (tertiary/aromatic N) is 2. The predicted molar refractivity (Wildman–Crippen MR) is 88.9 cm³/mol. The summed E-state index contributed by atoms with van der Waals surface area (Å²) in [6.45, 7) is 4.47. The summed E-state index contributed by atoms with van der Waals surface area (Å²) in [4.78, 5) is 26.0. The highest BCUT2D eigenvalue weighted by Crippen LogP contribution is 2.28. The van der Waals surface area contributed by atoms with Gasteiger partial charge in [0.1, 0.15) is 0 Å². The number of rotatable bonds is 7. The Balaban J connectivity index is 2.78. The molecular weight excluding hydrogens is 298 g/mol. The van der Waals surface area contributed by atoms with Crippen molar-refractivity contribution >= 4 is 17.7 Å². The van der Waals surface area contributed by atoms with E-state index in [0.717, 1.165) is 0 Å². The van der Waals surface area contributed by atoms with Gasteiger partial charge < -0.3 is 25.4 Å². The van der Waals surface area contributed by atoms with E-state index < -0.39 is 6.09 Å². The van der Waals surface area contributed by atoms with Crippen molar-refractivity contribution in [3.05, 3.63) is 23.8 Å². The van der Waals surface area contributed by atoms with Gasteiger partial charge in [0.15, 0.2) is 5.75 Å². The first-order valence-corrected chi connectivity index (χ1v) is 7.48. The molecule has 0 fully saturated rings. The molecule has 128 valence electrons. The topological polar surface area (TPSA) is 96.1 Å². The zero-order chi connectivity index (χ0) is 17.6. The molecule has 1 rings (SSSR count). The normalized spacial score (nSPS) is 10.5. The van der Waals surface area contributed by atoms with Crippen molar-refractivity contribution in [3.63, 3.8) is 0 Å². The highest BCUT2D eigenvalue weighted by Gasteiger charge is 2.20. The summed E-state index contributed by atoms with van der Waals surface area (Å²) in [5, 5.41) is 8.79. The van der Waals surface area contributed by atoms with Crippen LogP contribution < -0.4 is 10.5 Å². The lowest BCUT2D eigenvalue weighted by molar-refractivity contribution is 0.0750. The molecule has 7 nitrogen and oxygen atoms in total. The van der Waals surface area contributed by atoms with Crippen LogP contribution >= 0.6 is 0 Å². The molecule has 0 saturated carbocycles. The molecule has 0 unspecified atom stereocenters. The zero-order valence-corrected chi connectivity index (χ0v) is 14.1. The Labute approximate surface area is 136 Å². The summed E-state index contributed by atoms with van der Waals surface area (Å²) in [6, 6.07) is 5.11. The van der Waals surface area contributed by atoms with Gasteiger partial charge in [0.2, 0.25) is 0 Å². The quantitative estimate of drug-likeness (QED) is 0.592. The summed E-state index contributed by atoms with van der Waals surface area (Å²) < 4.78 is 5.66. The minimum absolute atomic E-state index is 0.0565.